The Balaban J connectivity index is 3.31. The second-order valence-electron chi connectivity index (χ2n) is 2.04. The van der Waals surface area contributed by atoms with Crippen molar-refractivity contribution in [1.29, 1.82) is 0 Å². The third-order valence-electron chi connectivity index (χ3n) is 1.15. The molecule has 10 heavy (non-hydrogen) atoms. The van der Waals surface area contributed by atoms with Crippen LogP contribution in [0.5, 0.6) is 0 Å². The minimum atomic E-state index is -0.351. The Bertz CT molecular complexity index is 149. The molecule has 4 nitrogen and oxygen atoms in total. The minimum Gasteiger partial charge on any atom is -0.293 e. The van der Waals surface area contributed by atoms with Crippen molar-refractivity contribution in [3.63, 3.8) is 0 Å². The van der Waals surface area contributed by atoms with Crippen LogP contribution >= 0.6 is 0 Å². The predicted octanol–water partition coefficient (Wildman–Crippen LogP) is 2.40. The van der Waals surface area contributed by atoms with E-state index < -0.39 is 0 Å². The van der Waals surface area contributed by atoms with Gasteiger partial charge in [0, 0.05) is 11.3 Å². The van der Waals surface area contributed by atoms with E-state index in [1.54, 1.807) is 0 Å². The first-order chi connectivity index (χ1) is 4.81. The van der Waals surface area contributed by atoms with Gasteiger partial charge in [0.05, 0.1) is 0 Å². The normalized spacial score (nSPS) is 8.50. The van der Waals surface area contributed by atoms with Crippen LogP contribution in [-0.2, 0) is 4.79 Å². The number of carbonyl (C=O) groups is 1. The van der Waals surface area contributed by atoms with E-state index in [9.17, 15) is 4.79 Å². The number of carbonyl (C=O) groups excluding carboxylic acids is 1. The van der Waals surface area contributed by atoms with Gasteiger partial charge in [-0.15, -0.1) is 0 Å². The molecule has 0 atom stereocenters. The standard InChI is InChI=1S/C6H11N3O/c1-2-3-4-5-6(10)8-9-7/h2-5H2,1H3. The van der Waals surface area contributed by atoms with E-state index >= 15 is 0 Å². The first-order valence-corrected chi connectivity index (χ1v) is 3.39. The Hall–Kier alpha value is -1.02. The van der Waals surface area contributed by atoms with Crippen LogP contribution in [-0.4, -0.2) is 5.91 Å². The summed E-state index contributed by atoms with van der Waals surface area (Å²) in [5, 5.41) is 2.94. The molecule has 0 aromatic rings. The molecule has 0 unspecified atom stereocenters. The highest BCUT2D eigenvalue weighted by molar-refractivity contribution is 5.76. The monoisotopic (exact) mass is 141 g/mol. The summed E-state index contributed by atoms with van der Waals surface area (Å²) in [7, 11) is 0. The van der Waals surface area contributed by atoms with Crippen LogP contribution in [0.1, 0.15) is 32.6 Å². The number of rotatable bonds is 4. The van der Waals surface area contributed by atoms with Gasteiger partial charge in [-0.3, -0.25) is 4.79 Å². The molecule has 0 aromatic carbocycles. The molecular formula is C6H11N3O. The Labute approximate surface area is 59.9 Å². The van der Waals surface area contributed by atoms with Crippen LogP contribution in [0, 0.1) is 0 Å². The number of azide groups is 1. The predicted molar refractivity (Wildman–Crippen MR) is 38.3 cm³/mol. The lowest BCUT2D eigenvalue weighted by Crippen LogP contribution is -1.89. The topological polar surface area (TPSA) is 65.8 Å². The molecule has 0 saturated heterocycles. The molecule has 0 aromatic heterocycles. The fourth-order valence-corrected chi connectivity index (χ4v) is 0.626. The summed E-state index contributed by atoms with van der Waals surface area (Å²) < 4.78 is 0. The zero-order valence-electron chi connectivity index (χ0n) is 6.08. The van der Waals surface area contributed by atoms with Crippen LogP contribution in [0.15, 0.2) is 5.11 Å². The van der Waals surface area contributed by atoms with Gasteiger partial charge in [-0.05, 0) is 17.1 Å². The highest BCUT2D eigenvalue weighted by Gasteiger charge is 1.94. The van der Waals surface area contributed by atoms with Gasteiger partial charge < -0.3 is 0 Å². The first kappa shape index (κ1) is 8.98. The molecule has 0 bridgehead atoms. The summed E-state index contributed by atoms with van der Waals surface area (Å²) >= 11 is 0. The quantitative estimate of drug-likeness (QED) is 0.256. The molecular weight excluding hydrogens is 130 g/mol. The van der Waals surface area contributed by atoms with E-state index in [4.69, 9.17) is 5.53 Å². The van der Waals surface area contributed by atoms with Crippen molar-refractivity contribution in [3.8, 4) is 0 Å². The maximum atomic E-state index is 10.5. The molecule has 0 aliphatic carbocycles. The highest BCUT2D eigenvalue weighted by atomic mass is 16.1. The van der Waals surface area contributed by atoms with Gasteiger partial charge in [-0.1, -0.05) is 19.8 Å². The number of hydrogen-bond acceptors (Lipinski definition) is 1. The van der Waals surface area contributed by atoms with Gasteiger partial charge in [0.25, 0.3) is 0 Å². The summed E-state index contributed by atoms with van der Waals surface area (Å²) in [6.45, 7) is 2.05. The summed E-state index contributed by atoms with van der Waals surface area (Å²) in [6.07, 6.45) is 3.31. The van der Waals surface area contributed by atoms with Crippen LogP contribution in [0.2, 0.25) is 0 Å². The average molecular weight is 141 g/mol. The van der Waals surface area contributed by atoms with Crippen LogP contribution in [0.3, 0.4) is 0 Å². The highest BCUT2D eigenvalue weighted by Crippen LogP contribution is 1.99. The lowest BCUT2D eigenvalue weighted by atomic mass is 10.2. The number of nitrogens with zero attached hydrogens (tertiary/aromatic N) is 3. The van der Waals surface area contributed by atoms with Crippen molar-refractivity contribution in [2.24, 2.45) is 5.11 Å². The fraction of sp³-hybridized carbons (Fsp3) is 0.833. The zero-order valence-corrected chi connectivity index (χ0v) is 6.08. The molecule has 1 amide bonds. The van der Waals surface area contributed by atoms with E-state index in [2.05, 4.69) is 16.9 Å². The summed E-state index contributed by atoms with van der Waals surface area (Å²) in [5.41, 5.74) is 7.83. The van der Waals surface area contributed by atoms with Gasteiger partial charge >= 0.3 is 0 Å². The first-order valence-electron chi connectivity index (χ1n) is 3.39. The third-order valence-corrected chi connectivity index (χ3v) is 1.15. The van der Waals surface area contributed by atoms with E-state index in [1.807, 2.05) is 0 Å². The average Bonchev–Trinajstić information content (AvgIpc) is 1.89. The Kier molecular flexibility index (Phi) is 5.48. The molecule has 0 rings (SSSR count). The van der Waals surface area contributed by atoms with Gasteiger partial charge in [0.1, 0.15) is 0 Å². The van der Waals surface area contributed by atoms with Crippen molar-refractivity contribution >= 4 is 5.91 Å². The molecule has 56 valence electrons. The summed E-state index contributed by atoms with van der Waals surface area (Å²) in [5.74, 6) is -0.351. The van der Waals surface area contributed by atoms with Crippen LogP contribution in [0.25, 0.3) is 10.4 Å². The zero-order chi connectivity index (χ0) is 7.82. The van der Waals surface area contributed by atoms with Gasteiger partial charge in [0.2, 0.25) is 5.91 Å². The summed E-state index contributed by atoms with van der Waals surface area (Å²) in [4.78, 5) is 12.9. The second kappa shape index (κ2) is 6.11. The molecule has 0 radical (unpaired) electrons. The van der Waals surface area contributed by atoms with Crippen LogP contribution in [0.4, 0.5) is 0 Å². The van der Waals surface area contributed by atoms with Crippen molar-refractivity contribution in [2.45, 2.75) is 32.6 Å². The molecule has 0 heterocycles. The molecule has 0 aliphatic heterocycles. The van der Waals surface area contributed by atoms with Crippen molar-refractivity contribution in [3.05, 3.63) is 10.4 Å². The van der Waals surface area contributed by atoms with E-state index in [0.29, 0.717) is 6.42 Å². The second-order valence-corrected chi connectivity index (χ2v) is 2.04. The lowest BCUT2D eigenvalue weighted by Gasteiger charge is -1.90. The maximum Gasteiger partial charge on any atom is 0.218 e. The maximum absolute atomic E-state index is 10.5. The lowest BCUT2D eigenvalue weighted by molar-refractivity contribution is -0.118. The number of unbranched alkanes of at least 4 members (excludes halogenated alkanes) is 2. The van der Waals surface area contributed by atoms with E-state index in [1.165, 1.54) is 0 Å². The van der Waals surface area contributed by atoms with E-state index in [-0.39, 0.29) is 5.91 Å². The Morgan fingerprint density at radius 1 is 1.60 bits per heavy atom. The molecule has 4 heteroatoms. The molecule has 0 fully saturated rings. The van der Waals surface area contributed by atoms with Gasteiger partial charge in [-0.2, -0.15) is 0 Å². The fourth-order valence-electron chi connectivity index (χ4n) is 0.626. The minimum absolute atomic E-state index is 0.351. The van der Waals surface area contributed by atoms with Gasteiger partial charge in [-0.25, -0.2) is 0 Å². The van der Waals surface area contributed by atoms with Crippen LogP contribution < -0.4 is 0 Å². The molecule has 0 N–H and O–H groups in total. The molecule has 0 saturated carbocycles. The molecule has 0 aliphatic rings. The number of amides is 1. The SMILES string of the molecule is CCCCCC(=O)N=[N+]=[N-]. The van der Waals surface area contributed by atoms with Gasteiger partial charge in [0.15, 0.2) is 0 Å². The van der Waals surface area contributed by atoms with Crippen molar-refractivity contribution in [1.82, 2.24) is 0 Å². The van der Waals surface area contributed by atoms with E-state index in [0.717, 1.165) is 19.3 Å². The summed E-state index contributed by atoms with van der Waals surface area (Å²) in [6, 6.07) is 0. The molecule has 0 spiro atoms. The number of hydrogen-bond donors (Lipinski definition) is 0. The third kappa shape index (κ3) is 5.12. The smallest absolute Gasteiger partial charge is 0.218 e. The Morgan fingerprint density at radius 3 is 2.80 bits per heavy atom. The van der Waals surface area contributed by atoms with Crippen molar-refractivity contribution < 1.29 is 4.79 Å². The largest absolute Gasteiger partial charge is 0.293 e. The van der Waals surface area contributed by atoms with Crippen molar-refractivity contribution in [2.75, 3.05) is 0 Å². The Morgan fingerprint density at radius 2 is 2.30 bits per heavy atom.